The molecular weight excluding hydrogens is 394 g/mol. The maximum absolute atomic E-state index is 13.2. The maximum Gasteiger partial charge on any atom is 0.414 e. The number of hydrogen-bond donors (Lipinski definition) is 2. The Kier molecular flexibility index (Phi) is 6.03. The molecule has 1 atom stereocenters. The van der Waals surface area contributed by atoms with Gasteiger partial charge in [0.2, 0.25) is 0 Å². The van der Waals surface area contributed by atoms with Gasteiger partial charge in [-0.3, -0.25) is 9.69 Å². The van der Waals surface area contributed by atoms with Crippen LogP contribution in [-0.2, 0) is 9.53 Å². The molecule has 1 heterocycles. The van der Waals surface area contributed by atoms with E-state index in [1.54, 1.807) is 18.1 Å². The molecule has 0 spiro atoms. The van der Waals surface area contributed by atoms with Gasteiger partial charge in [-0.15, -0.1) is 0 Å². The third-order valence-electron chi connectivity index (χ3n) is 4.96. The van der Waals surface area contributed by atoms with Crippen molar-refractivity contribution in [2.24, 2.45) is 0 Å². The largest absolute Gasteiger partial charge is 0.497 e. The molecule has 2 N–H and O–H groups in total. The second-order valence-electron chi connectivity index (χ2n) is 7.03. The zero-order chi connectivity index (χ0) is 21.6. The highest BCUT2D eigenvalue weighted by Gasteiger charge is 2.25. The Morgan fingerprint density at radius 2 is 1.77 bits per heavy atom. The maximum atomic E-state index is 13.2. The van der Waals surface area contributed by atoms with E-state index in [4.69, 9.17) is 9.47 Å². The molecule has 7 heteroatoms. The number of nitrogens with zero attached hydrogens (tertiary/aromatic N) is 1. The van der Waals surface area contributed by atoms with Gasteiger partial charge in [0.15, 0.2) is 0 Å². The molecular formula is C24H23N3O4. The molecule has 0 aromatic heterocycles. The standard InChI is InChI=1S/C24H23N3O4/c1-30-21-12-6-10-19(16-21)26-23(28)22(17-7-3-2-4-8-17)25-18-9-5-11-20(15-18)27-13-14-31-24(27)29/h2-12,15-16,22,25H,13-14H2,1H3,(H,26,28). The predicted octanol–water partition coefficient (Wildman–Crippen LogP) is 4.44. The van der Waals surface area contributed by atoms with Gasteiger partial charge in [-0.05, 0) is 35.9 Å². The van der Waals surface area contributed by atoms with Crippen LogP contribution in [0.3, 0.4) is 0 Å². The van der Waals surface area contributed by atoms with Crippen LogP contribution in [0.5, 0.6) is 5.75 Å². The van der Waals surface area contributed by atoms with Crippen LogP contribution < -0.4 is 20.3 Å². The lowest BCUT2D eigenvalue weighted by Crippen LogP contribution is -2.27. The zero-order valence-electron chi connectivity index (χ0n) is 17.1. The Bertz CT molecular complexity index is 1070. The summed E-state index contributed by atoms with van der Waals surface area (Å²) < 4.78 is 10.3. The summed E-state index contributed by atoms with van der Waals surface area (Å²) in [7, 11) is 1.58. The summed E-state index contributed by atoms with van der Waals surface area (Å²) in [6, 6.07) is 23.4. The molecule has 7 nitrogen and oxygen atoms in total. The highest BCUT2D eigenvalue weighted by atomic mass is 16.6. The van der Waals surface area contributed by atoms with Crippen LogP contribution >= 0.6 is 0 Å². The van der Waals surface area contributed by atoms with Crippen molar-refractivity contribution in [2.75, 3.05) is 35.8 Å². The van der Waals surface area contributed by atoms with E-state index in [0.717, 1.165) is 5.56 Å². The van der Waals surface area contributed by atoms with Crippen molar-refractivity contribution in [3.63, 3.8) is 0 Å². The first kappa shape index (κ1) is 20.3. The molecule has 158 valence electrons. The molecule has 2 amide bonds. The highest BCUT2D eigenvalue weighted by molar-refractivity contribution is 5.97. The van der Waals surface area contributed by atoms with Gasteiger partial charge in [0.25, 0.3) is 5.91 Å². The second kappa shape index (κ2) is 9.21. The van der Waals surface area contributed by atoms with Crippen LogP contribution in [0, 0.1) is 0 Å². The zero-order valence-corrected chi connectivity index (χ0v) is 17.1. The van der Waals surface area contributed by atoms with Crippen molar-refractivity contribution >= 4 is 29.1 Å². The molecule has 3 aromatic carbocycles. The minimum absolute atomic E-state index is 0.217. The van der Waals surface area contributed by atoms with Crippen molar-refractivity contribution in [3.8, 4) is 5.75 Å². The van der Waals surface area contributed by atoms with Gasteiger partial charge in [0, 0.05) is 23.1 Å². The predicted molar refractivity (Wildman–Crippen MR) is 120 cm³/mol. The molecule has 1 aliphatic rings. The fourth-order valence-electron chi connectivity index (χ4n) is 3.42. The minimum atomic E-state index is -0.645. The number of carbonyl (C=O) groups excluding carboxylic acids is 2. The van der Waals surface area contributed by atoms with E-state index in [9.17, 15) is 9.59 Å². The molecule has 0 bridgehead atoms. The average Bonchev–Trinajstić information content (AvgIpc) is 3.24. The fourth-order valence-corrected chi connectivity index (χ4v) is 3.42. The summed E-state index contributed by atoms with van der Waals surface area (Å²) in [4.78, 5) is 26.7. The van der Waals surface area contributed by atoms with Crippen molar-refractivity contribution in [1.29, 1.82) is 0 Å². The Morgan fingerprint density at radius 3 is 2.52 bits per heavy atom. The SMILES string of the molecule is COc1cccc(NC(=O)C(Nc2cccc(N3CCOC3=O)c2)c2ccccc2)c1. The summed E-state index contributed by atoms with van der Waals surface area (Å²) in [6.07, 6.45) is -0.368. The smallest absolute Gasteiger partial charge is 0.414 e. The van der Waals surface area contributed by atoms with Crippen molar-refractivity contribution in [3.05, 3.63) is 84.4 Å². The lowest BCUT2D eigenvalue weighted by molar-refractivity contribution is -0.117. The molecule has 0 aliphatic carbocycles. The molecule has 3 aromatic rings. The van der Waals surface area contributed by atoms with Crippen LogP contribution in [0.25, 0.3) is 0 Å². The molecule has 1 fully saturated rings. The third kappa shape index (κ3) is 4.78. The molecule has 31 heavy (non-hydrogen) atoms. The van der Waals surface area contributed by atoms with E-state index in [0.29, 0.717) is 36.0 Å². The van der Waals surface area contributed by atoms with Gasteiger partial charge in [-0.1, -0.05) is 42.5 Å². The summed E-state index contributed by atoms with van der Waals surface area (Å²) in [6.45, 7) is 0.868. The lowest BCUT2D eigenvalue weighted by Gasteiger charge is -2.21. The van der Waals surface area contributed by atoms with Gasteiger partial charge in [-0.2, -0.15) is 0 Å². The number of benzene rings is 3. The number of amides is 2. The Labute approximate surface area is 180 Å². The lowest BCUT2D eigenvalue weighted by atomic mass is 10.1. The number of methoxy groups -OCH3 is 1. The molecule has 1 saturated heterocycles. The monoisotopic (exact) mass is 417 g/mol. The Morgan fingerprint density at radius 1 is 1.00 bits per heavy atom. The van der Waals surface area contributed by atoms with Gasteiger partial charge < -0.3 is 20.1 Å². The first-order valence-electron chi connectivity index (χ1n) is 9.95. The summed E-state index contributed by atoms with van der Waals surface area (Å²) >= 11 is 0. The summed E-state index contributed by atoms with van der Waals surface area (Å²) in [5, 5.41) is 6.25. The van der Waals surface area contributed by atoms with Crippen LogP contribution in [-0.4, -0.2) is 32.3 Å². The van der Waals surface area contributed by atoms with Gasteiger partial charge in [0.1, 0.15) is 18.4 Å². The third-order valence-corrected chi connectivity index (χ3v) is 4.96. The number of cyclic esters (lactones) is 1. The molecule has 1 aliphatic heterocycles. The van der Waals surface area contributed by atoms with Crippen molar-refractivity contribution < 1.29 is 19.1 Å². The number of rotatable bonds is 7. The van der Waals surface area contributed by atoms with E-state index in [2.05, 4.69) is 10.6 Å². The topological polar surface area (TPSA) is 79.9 Å². The summed E-state index contributed by atoms with van der Waals surface area (Å²) in [5.74, 6) is 0.442. The molecule has 4 rings (SSSR count). The number of hydrogen-bond acceptors (Lipinski definition) is 5. The Balaban J connectivity index is 1.59. The quantitative estimate of drug-likeness (QED) is 0.594. The number of carbonyl (C=O) groups is 2. The second-order valence-corrected chi connectivity index (χ2v) is 7.03. The van der Waals surface area contributed by atoms with E-state index >= 15 is 0 Å². The van der Waals surface area contributed by atoms with Crippen molar-refractivity contribution in [2.45, 2.75) is 6.04 Å². The fraction of sp³-hybridized carbons (Fsp3) is 0.167. The van der Waals surface area contributed by atoms with Gasteiger partial charge >= 0.3 is 6.09 Å². The van der Waals surface area contributed by atoms with Gasteiger partial charge in [0.05, 0.1) is 13.7 Å². The van der Waals surface area contributed by atoms with Crippen LogP contribution in [0.4, 0.5) is 21.9 Å². The first-order chi connectivity index (χ1) is 15.1. The van der Waals surface area contributed by atoms with E-state index in [1.807, 2.05) is 72.8 Å². The van der Waals surface area contributed by atoms with Gasteiger partial charge in [-0.25, -0.2) is 4.79 Å². The number of ether oxygens (including phenoxy) is 2. The first-order valence-corrected chi connectivity index (χ1v) is 9.95. The Hall–Kier alpha value is -4.00. The highest BCUT2D eigenvalue weighted by Crippen LogP contribution is 2.27. The van der Waals surface area contributed by atoms with Crippen LogP contribution in [0.2, 0.25) is 0 Å². The minimum Gasteiger partial charge on any atom is -0.497 e. The number of anilines is 3. The van der Waals surface area contributed by atoms with Crippen LogP contribution in [0.15, 0.2) is 78.9 Å². The normalized spacial score (nSPS) is 14.0. The molecule has 0 saturated carbocycles. The van der Waals surface area contributed by atoms with Crippen molar-refractivity contribution in [1.82, 2.24) is 0 Å². The molecule has 0 radical (unpaired) electrons. The number of nitrogens with one attached hydrogen (secondary N) is 2. The van der Waals surface area contributed by atoms with E-state index in [-0.39, 0.29) is 12.0 Å². The summed E-state index contributed by atoms with van der Waals surface area (Å²) in [5.41, 5.74) is 2.88. The molecule has 1 unspecified atom stereocenters. The van der Waals surface area contributed by atoms with Crippen LogP contribution in [0.1, 0.15) is 11.6 Å². The van der Waals surface area contributed by atoms with E-state index < -0.39 is 6.04 Å². The average molecular weight is 417 g/mol. The van der Waals surface area contributed by atoms with E-state index in [1.165, 1.54) is 0 Å².